The van der Waals surface area contributed by atoms with E-state index < -0.39 is 11.9 Å². The average molecular weight is 1050 g/mol. The maximum absolute atomic E-state index is 12.9. The smallest absolute Gasteiger partial charge is 0.409 e. The number of nitrogens with zero attached hydrogens (tertiary/aromatic N) is 2. The number of piperidine rings is 2. The lowest BCUT2D eigenvalue weighted by molar-refractivity contribution is -0.146. The number of ether oxygens (including phenoxy) is 6. The molecule has 10 rings (SSSR count). The predicted molar refractivity (Wildman–Crippen MR) is 296 cm³/mol. The van der Waals surface area contributed by atoms with Gasteiger partial charge >= 0.3 is 24.1 Å². The third kappa shape index (κ3) is 14.0. The van der Waals surface area contributed by atoms with Gasteiger partial charge in [-0.3, -0.25) is 0 Å². The number of fused-ring (bicyclic) bond motifs is 6. The number of hydrogen-bond acceptors (Lipinski definition) is 13. The summed E-state index contributed by atoms with van der Waals surface area (Å²) in [6.45, 7) is 8.59. The lowest BCUT2D eigenvalue weighted by atomic mass is 9.98. The minimum Gasteiger partial charge on any atom is -0.490 e. The summed E-state index contributed by atoms with van der Waals surface area (Å²) in [5.41, 5.74) is 16.6. The molecule has 0 unspecified atom stereocenters. The van der Waals surface area contributed by atoms with Crippen molar-refractivity contribution in [1.29, 1.82) is 0 Å². The number of hydrogen-bond donors (Lipinski definition) is 3. The second kappa shape index (κ2) is 27.0. The number of esters is 2. The fraction of sp³-hybridized carbons (Fsp3) is 0.323. The monoisotopic (exact) mass is 1040 g/mol. The van der Waals surface area contributed by atoms with E-state index in [0.717, 1.165) is 24.3 Å². The van der Waals surface area contributed by atoms with E-state index in [-0.39, 0.29) is 61.6 Å². The molecule has 2 aliphatic heterocycles. The van der Waals surface area contributed by atoms with Gasteiger partial charge in [0.25, 0.3) is 0 Å². The van der Waals surface area contributed by atoms with Gasteiger partial charge in [-0.1, -0.05) is 97.1 Å². The van der Waals surface area contributed by atoms with Gasteiger partial charge in [-0.25, -0.2) is 19.2 Å². The number of aliphatic hydroxyl groups excluding tert-OH is 1. The van der Waals surface area contributed by atoms with Crippen LogP contribution in [-0.4, -0.2) is 110 Å². The van der Waals surface area contributed by atoms with Crippen LogP contribution < -0.4 is 20.5 Å². The summed E-state index contributed by atoms with van der Waals surface area (Å²) in [4.78, 5) is 53.5. The van der Waals surface area contributed by atoms with Gasteiger partial charge in [-0.15, -0.1) is 0 Å². The molecule has 0 bridgehead atoms. The molecule has 0 atom stereocenters. The Bertz CT molecular complexity index is 2850. The molecule has 2 heterocycles. The van der Waals surface area contributed by atoms with Crippen LogP contribution in [0.2, 0.25) is 0 Å². The molecule has 402 valence electrons. The van der Waals surface area contributed by atoms with Gasteiger partial charge in [0, 0.05) is 87.9 Å². The maximum atomic E-state index is 12.9. The molecule has 2 saturated heterocycles. The average Bonchev–Trinajstić information content (AvgIpc) is 3.96. The summed E-state index contributed by atoms with van der Waals surface area (Å²) in [6, 6.07) is 48.0. The highest BCUT2D eigenvalue weighted by atomic mass is 16.6. The zero-order valence-electron chi connectivity index (χ0n) is 43.9. The van der Waals surface area contributed by atoms with Crippen molar-refractivity contribution in [1.82, 2.24) is 9.80 Å². The number of nitrogen functional groups attached to an aromatic ring is 1. The number of carbonyl (C=O) groups excluding carboxylic acids is 4. The third-order valence-electron chi connectivity index (χ3n) is 13.8. The highest BCUT2D eigenvalue weighted by molar-refractivity contribution is 6.14. The van der Waals surface area contributed by atoms with Gasteiger partial charge < -0.3 is 54.4 Å². The van der Waals surface area contributed by atoms with Gasteiger partial charge in [-0.2, -0.15) is 0 Å². The van der Waals surface area contributed by atoms with Crippen molar-refractivity contribution in [3.8, 4) is 33.8 Å². The zero-order valence-corrected chi connectivity index (χ0v) is 43.9. The van der Waals surface area contributed by atoms with Crippen LogP contribution in [0.15, 0.2) is 157 Å². The van der Waals surface area contributed by atoms with Crippen molar-refractivity contribution in [2.75, 3.05) is 70.3 Å². The van der Waals surface area contributed by atoms with E-state index in [2.05, 4.69) is 66.0 Å². The zero-order chi connectivity index (χ0) is 54.1. The van der Waals surface area contributed by atoms with Crippen molar-refractivity contribution < 1.29 is 52.7 Å². The summed E-state index contributed by atoms with van der Waals surface area (Å²) in [6.07, 6.45) is 3.76. The van der Waals surface area contributed by atoms with Crippen molar-refractivity contribution >= 4 is 35.5 Å². The standard InChI is InChI=1S/C34H36N2O7.C26H26N2O3.C2H6O/c1-3-40-32(37)30(33(38)41-4-2)21-35-23-13-15-24(16-14-23)43-25-17-19-36(20-18-25)34(39)42-22-31-28-11-7-5-9-26(28)27-10-6-8-12-29(27)31;27-18-9-11-19(12-10-18)31-20-13-15-28(16-14-20)26(29)30-17-25-23-7-3-1-5-21(23)22-6-2-4-8-24(22)25;1-2-3/h5-16,21,25,31,35H,3-4,17-20,22H2,1-2H3;1-12,20,25H,13-17,27H2;3H,2H2,1H3. The minimum atomic E-state index is -0.752. The van der Waals surface area contributed by atoms with Crippen LogP contribution in [0.3, 0.4) is 0 Å². The first-order chi connectivity index (χ1) is 37.6. The fourth-order valence-corrected chi connectivity index (χ4v) is 10.0. The Hall–Kier alpha value is -8.30. The molecule has 15 heteroatoms. The molecule has 6 aromatic carbocycles. The fourth-order valence-electron chi connectivity index (χ4n) is 10.0. The van der Waals surface area contributed by atoms with E-state index in [1.807, 2.05) is 72.8 Å². The van der Waals surface area contributed by atoms with E-state index in [1.165, 1.54) is 50.7 Å². The first kappa shape index (κ1) is 54.9. The number of rotatable bonds is 14. The molecular weight excluding hydrogens is 977 g/mol. The van der Waals surface area contributed by atoms with E-state index in [9.17, 15) is 19.2 Å². The van der Waals surface area contributed by atoms with Crippen molar-refractivity contribution in [3.63, 3.8) is 0 Å². The van der Waals surface area contributed by atoms with Gasteiger partial charge in [0.15, 0.2) is 5.57 Å². The van der Waals surface area contributed by atoms with Crippen LogP contribution in [0.4, 0.5) is 21.0 Å². The molecular formula is C62H68N4O11. The number of carbonyl (C=O) groups is 4. The molecule has 77 heavy (non-hydrogen) atoms. The van der Waals surface area contributed by atoms with Crippen LogP contribution >= 0.6 is 0 Å². The SMILES string of the molecule is CCO.CCOC(=O)C(=CNc1ccc(OC2CCN(C(=O)OCC3c4ccccc4-c4ccccc43)CC2)cc1)C(=O)OCC.Nc1ccc(OC2CCN(C(=O)OCC3c4ccccc4-c4ccccc43)CC2)cc1. The number of anilines is 2. The van der Waals surface area contributed by atoms with E-state index in [1.54, 1.807) is 42.7 Å². The molecule has 2 amide bonds. The Morgan fingerprint density at radius 2 is 0.857 bits per heavy atom. The second-order valence-electron chi connectivity index (χ2n) is 18.8. The van der Waals surface area contributed by atoms with Crippen LogP contribution in [0.25, 0.3) is 22.3 Å². The molecule has 4 N–H and O–H groups in total. The number of nitrogens with one attached hydrogen (secondary N) is 1. The van der Waals surface area contributed by atoms with Crippen LogP contribution in [0.5, 0.6) is 11.5 Å². The summed E-state index contributed by atoms with van der Waals surface area (Å²) in [5.74, 6) is 0.115. The van der Waals surface area contributed by atoms with Gasteiger partial charge in [0.2, 0.25) is 0 Å². The Kier molecular flexibility index (Phi) is 19.2. The molecule has 6 aromatic rings. The first-order valence-corrected chi connectivity index (χ1v) is 26.5. The Labute approximate surface area is 450 Å². The van der Waals surface area contributed by atoms with Gasteiger partial charge in [-0.05, 0) is 114 Å². The topological polar surface area (TPSA) is 188 Å². The largest absolute Gasteiger partial charge is 0.490 e. The van der Waals surface area contributed by atoms with E-state index in [4.69, 9.17) is 39.3 Å². The van der Waals surface area contributed by atoms with Crippen LogP contribution in [0, 0.1) is 0 Å². The first-order valence-electron chi connectivity index (χ1n) is 26.5. The Morgan fingerprint density at radius 1 is 0.519 bits per heavy atom. The summed E-state index contributed by atoms with van der Waals surface area (Å²) in [7, 11) is 0. The van der Waals surface area contributed by atoms with Gasteiger partial charge in [0.1, 0.15) is 36.9 Å². The Morgan fingerprint density at radius 3 is 1.21 bits per heavy atom. The number of likely N-dealkylation sites (tertiary alicyclic amines) is 2. The highest BCUT2D eigenvalue weighted by Gasteiger charge is 2.33. The minimum absolute atomic E-state index is 0.0319. The molecule has 2 fully saturated rings. The molecule has 0 radical (unpaired) electrons. The molecule has 15 nitrogen and oxygen atoms in total. The van der Waals surface area contributed by atoms with Gasteiger partial charge in [0.05, 0.1) is 13.2 Å². The van der Waals surface area contributed by atoms with Crippen LogP contribution in [-0.2, 0) is 28.5 Å². The molecule has 0 saturated carbocycles. The number of benzene rings is 6. The highest BCUT2D eigenvalue weighted by Crippen LogP contribution is 2.46. The third-order valence-corrected chi connectivity index (χ3v) is 13.8. The Balaban J connectivity index is 0.000000203. The van der Waals surface area contributed by atoms with Crippen LogP contribution in [0.1, 0.15) is 80.5 Å². The number of aliphatic hydroxyl groups is 1. The molecule has 0 aromatic heterocycles. The number of amides is 2. The maximum Gasteiger partial charge on any atom is 0.409 e. The quantitative estimate of drug-likeness (QED) is 0.0234. The number of nitrogens with two attached hydrogens (primary N) is 1. The van der Waals surface area contributed by atoms with E-state index >= 15 is 0 Å². The summed E-state index contributed by atoms with van der Waals surface area (Å²) < 4.78 is 33.7. The second-order valence-corrected chi connectivity index (χ2v) is 18.8. The molecule has 0 spiro atoms. The normalized spacial score (nSPS) is 14.6. The lowest BCUT2D eigenvalue weighted by Gasteiger charge is -2.31. The predicted octanol–water partition coefficient (Wildman–Crippen LogP) is 11.0. The van der Waals surface area contributed by atoms with Crippen molar-refractivity contribution in [3.05, 3.63) is 180 Å². The molecule has 4 aliphatic rings. The molecule has 2 aliphatic carbocycles. The van der Waals surface area contributed by atoms with E-state index in [0.29, 0.717) is 63.7 Å². The lowest BCUT2D eigenvalue weighted by Crippen LogP contribution is -2.42. The van der Waals surface area contributed by atoms with Crippen molar-refractivity contribution in [2.45, 2.75) is 70.5 Å². The summed E-state index contributed by atoms with van der Waals surface area (Å²) >= 11 is 0. The summed E-state index contributed by atoms with van der Waals surface area (Å²) in [5, 5.41) is 10.5. The van der Waals surface area contributed by atoms with Crippen molar-refractivity contribution in [2.24, 2.45) is 0 Å².